The fraction of sp³-hybridized carbons (Fsp3) is 0. The molecule has 0 saturated heterocycles. The lowest BCUT2D eigenvalue weighted by molar-refractivity contribution is -0.793. The van der Waals surface area contributed by atoms with Gasteiger partial charge in [-0.3, -0.25) is 0 Å². The molecule has 0 amide bonds. The van der Waals surface area contributed by atoms with Crippen LogP contribution in [0.1, 0.15) is 11.1 Å². The standard InChI is InChI=1S/C32H16N8O/c1-3-11-19-17(9-1)25-33-26-18-10-2-4-12-20(18)28(35-26)37-30-22-14-6-8-16-24(22)32-38-31-23-15-7-5-13-21(23)29(36-27(19)34-25)39(31)41-40(30)32/h1-16H/p+1. The molecule has 2 aromatic heterocycles. The Labute approximate surface area is 230 Å². The molecule has 0 spiro atoms. The smallest absolute Gasteiger partial charge is 0.283 e. The highest BCUT2D eigenvalue weighted by molar-refractivity contribution is 6.23. The van der Waals surface area contributed by atoms with Crippen molar-refractivity contribution >= 4 is 61.3 Å². The Morgan fingerprint density at radius 1 is 0.561 bits per heavy atom. The molecule has 0 fully saturated rings. The number of rotatable bonds is 0. The SMILES string of the molecule is c1ccc2c(c1)C1=NC2=Nc2c3ccccc3c3nc4c5ccccc5c([n+]-4on23)N=c2[nH]c(c3ccccc23)=N1. The third-order valence-corrected chi connectivity index (χ3v) is 7.90. The van der Waals surface area contributed by atoms with Crippen molar-refractivity contribution in [1.29, 1.82) is 0 Å². The molecule has 4 aromatic carbocycles. The molecular weight excluding hydrogens is 512 g/mol. The number of nitrogens with one attached hydrogen (secondary N) is 1. The third kappa shape index (κ3) is 2.69. The number of aliphatic imine (C=N–C) groups is 2. The minimum atomic E-state index is 0.565. The van der Waals surface area contributed by atoms with E-state index in [1.807, 2.05) is 97.1 Å². The lowest BCUT2D eigenvalue weighted by Gasteiger charge is -2.00. The van der Waals surface area contributed by atoms with Gasteiger partial charge in [0.1, 0.15) is 5.49 Å². The van der Waals surface area contributed by atoms with E-state index in [2.05, 4.69) is 4.98 Å². The lowest BCUT2D eigenvalue weighted by Crippen LogP contribution is -2.32. The van der Waals surface area contributed by atoms with Gasteiger partial charge in [0.2, 0.25) is 5.82 Å². The number of aromatic amines is 1. The number of amidine groups is 2. The van der Waals surface area contributed by atoms with Gasteiger partial charge in [0.25, 0.3) is 17.3 Å². The van der Waals surface area contributed by atoms with E-state index in [1.54, 1.807) is 9.31 Å². The van der Waals surface area contributed by atoms with Crippen LogP contribution in [-0.4, -0.2) is 26.2 Å². The Kier molecular flexibility index (Phi) is 3.76. The first kappa shape index (κ1) is 20.9. The van der Waals surface area contributed by atoms with Gasteiger partial charge in [-0.25, -0.2) is 9.98 Å². The summed E-state index contributed by atoms with van der Waals surface area (Å²) in [6.07, 6.45) is 0. The molecule has 9 nitrogen and oxygen atoms in total. The van der Waals surface area contributed by atoms with Gasteiger partial charge in [0.15, 0.2) is 17.2 Å². The van der Waals surface area contributed by atoms with Crippen LogP contribution in [0, 0.1) is 0 Å². The van der Waals surface area contributed by atoms with Crippen molar-refractivity contribution in [1.82, 2.24) is 14.5 Å². The Bertz CT molecular complexity index is 2600. The molecule has 0 aliphatic carbocycles. The fourth-order valence-corrected chi connectivity index (χ4v) is 6.04. The van der Waals surface area contributed by atoms with Crippen LogP contribution in [-0.2, 0) is 0 Å². The molecule has 0 unspecified atom stereocenters. The molecule has 1 N–H and O–H groups in total. The number of nitrogens with zero attached hydrogens (tertiary/aromatic N) is 7. The zero-order valence-electron chi connectivity index (χ0n) is 21.3. The second-order valence-electron chi connectivity index (χ2n) is 10.2. The van der Waals surface area contributed by atoms with Crippen molar-refractivity contribution in [3.05, 3.63) is 119 Å². The number of fused-ring (bicyclic) bond motifs is 15. The Morgan fingerprint density at radius 3 is 1.90 bits per heavy atom. The second kappa shape index (κ2) is 7.36. The molecule has 0 atom stereocenters. The first-order chi connectivity index (χ1) is 20.3. The number of aromatic nitrogens is 4. The van der Waals surface area contributed by atoms with E-state index >= 15 is 0 Å². The highest BCUT2D eigenvalue weighted by Crippen LogP contribution is 2.36. The zero-order chi connectivity index (χ0) is 26.7. The van der Waals surface area contributed by atoms with E-state index in [-0.39, 0.29) is 0 Å². The van der Waals surface area contributed by atoms with Crippen LogP contribution in [0.25, 0.3) is 43.8 Å². The lowest BCUT2D eigenvalue weighted by atomic mass is 10.1. The maximum Gasteiger partial charge on any atom is 0.283 e. The van der Waals surface area contributed by atoms with Crippen molar-refractivity contribution in [2.45, 2.75) is 0 Å². The summed E-state index contributed by atoms with van der Waals surface area (Å²) < 4.78 is 10.0. The van der Waals surface area contributed by atoms with Crippen LogP contribution in [0.3, 0.4) is 0 Å². The molecule has 0 saturated carbocycles. The molecule has 190 valence electrons. The van der Waals surface area contributed by atoms with E-state index in [1.165, 1.54) is 0 Å². The number of benzene rings is 4. The summed E-state index contributed by atoms with van der Waals surface area (Å²) in [6, 6.07) is 32.3. The predicted octanol–water partition coefficient (Wildman–Crippen LogP) is 4.85. The summed E-state index contributed by atoms with van der Waals surface area (Å²) in [4.78, 5) is 28.9. The van der Waals surface area contributed by atoms with Crippen LogP contribution in [0.5, 0.6) is 0 Å². The topological polar surface area (TPSA) is 99.5 Å². The molecular formula is C32H17N8O+. The summed E-state index contributed by atoms with van der Waals surface area (Å²) in [5.41, 5.74) is 3.85. The summed E-state index contributed by atoms with van der Waals surface area (Å²) in [7, 11) is 0. The Balaban J connectivity index is 1.48. The summed E-state index contributed by atoms with van der Waals surface area (Å²) in [5.74, 6) is 3.06. The van der Waals surface area contributed by atoms with Crippen molar-refractivity contribution in [3.8, 4) is 5.82 Å². The summed E-state index contributed by atoms with van der Waals surface area (Å²) in [5, 5.41) is 5.62. The van der Waals surface area contributed by atoms with Crippen LogP contribution in [0.15, 0.2) is 122 Å². The Morgan fingerprint density at radius 2 is 1.15 bits per heavy atom. The first-order valence-corrected chi connectivity index (χ1v) is 13.3. The molecule has 4 aliphatic heterocycles. The van der Waals surface area contributed by atoms with E-state index in [9.17, 15) is 0 Å². The Hall–Kier alpha value is -5.96. The fourth-order valence-electron chi connectivity index (χ4n) is 6.04. The van der Waals surface area contributed by atoms with E-state index < -0.39 is 0 Å². The van der Waals surface area contributed by atoms with Gasteiger partial charge >= 0.3 is 0 Å². The molecule has 6 heterocycles. The molecule has 41 heavy (non-hydrogen) atoms. The van der Waals surface area contributed by atoms with Gasteiger partial charge in [-0.15, -0.1) is 4.99 Å². The maximum absolute atomic E-state index is 6.66. The van der Waals surface area contributed by atoms with E-state index in [4.69, 9.17) is 29.6 Å². The number of H-pyrrole nitrogens is 1. The van der Waals surface area contributed by atoms with Crippen LogP contribution in [0.4, 0.5) is 11.6 Å². The molecule has 4 aliphatic rings. The van der Waals surface area contributed by atoms with Gasteiger partial charge < -0.3 is 4.98 Å². The average molecular weight is 530 g/mol. The minimum absolute atomic E-state index is 0.565. The monoisotopic (exact) mass is 529 g/mol. The van der Waals surface area contributed by atoms with E-state index in [0.717, 1.165) is 43.4 Å². The molecule has 6 bridgehead atoms. The van der Waals surface area contributed by atoms with Crippen molar-refractivity contribution < 1.29 is 9.37 Å². The van der Waals surface area contributed by atoms with Crippen molar-refractivity contribution in [3.63, 3.8) is 0 Å². The highest BCUT2D eigenvalue weighted by Gasteiger charge is 2.32. The zero-order valence-corrected chi connectivity index (χ0v) is 21.3. The van der Waals surface area contributed by atoms with Crippen molar-refractivity contribution in [2.24, 2.45) is 20.0 Å². The van der Waals surface area contributed by atoms with Crippen LogP contribution >= 0.6 is 0 Å². The largest absolute Gasteiger partial charge is 0.313 e. The van der Waals surface area contributed by atoms with Crippen LogP contribution < -0.4 is 15.7 Å². The maximum atomic E-state index is 6.66. The van der Waals surface area contributed by atoms with Crippen LogP contribution in [0.2, 0.25) is 0 Å². The molecule has 6 aromatic rings. The minimum Gasteiger partial charge on any atom is -0.313 e. The van der Waals surface area contributed by atoms with Gasteiger partial charge in [-0.2, -0.15) is 9.62 Å². The predicted molar refractivity (Wildman–Crippen MR) is 155 cm³/mol. The van der Waals surface area contributed by atoms with Gasteiger partial charge in [-0.1, -0.05) is 71.7 Å². The summed E-state index contributed by atoms with van der Waals surface area (Å²) >= 11 is 0. The first-order valence-electron chi connectivity index (χ1n) is 13.3. The number of hydrogen-bond acceptors (Lipinski definition) is 6. The highest BCUT2D eigenvalue weighted by atomic mass is 16.6. The van der Waals surface area contributed by atoms with E-state index in [0.29, 0.717) is 45.7 Å². The van der Waals surface area contributed by atoms with Gasteiger partial charge in [-0.05, 0) is 39.6 Å². The van der Waals surface area contributed by atoms with Gasteiger partial charge in [0, 0.05) is 27.3 Å². The second-order valence-corrected chi connectivity index (χ2v) is 10.2. The van der Waals surface area contributed by atoms with Gasteiger partial charge in [0.05, 0.1) is 16.2 Å². The quantitative estimate of drug-likeness (QED) is 0.284. The average Bonchev–Trinajstić information content (AvgIpc) is 3.73. The molecule has 10 rings (SSSR count). The third-order valence-electron chi connectivity index (χ3n) is 7.90. The normalized spacial score (nSPS) is 14.0. The number of hydrogen-bond donors (Lipinski definition) is 1. The molecule has 9 heteroatoms. The molecule has 0 radical (unpaired) electrons. The summed E-state index contributed by atoms with van der Waals surface area (Å²) in [6.45, 7) is 0. The van der Waals surface area contributed by atoms with Crippen molar-refractivity contribution in [2.75, 3.05) is 0 Å².